The van der Waals surface area contributed by atoms with Crippen LogP contribution in [0.5, 0.6) is 0 Å². The molecule has 0 bridgehead atoms. The molecule has 0 atom stereocenters. The van der Waals surface area contributed by atoms with Gasteiger partial charge in [-0.1, -0.05) is 179 Å². The Morgan fingerprint density at radius 3 is 1.41 bits per heavy atom. The molecule has 3 aromatic carbocycles. The number of halogens is 7. The predicted octanol–water partition coefficient (Wildman–Crippen LogP) is 13.5. The smallest absolute Gasteiger partial charge is 0.310 e. The summed E-state index contributed by atoms with van der Waals surface area (Å²) in [5.74, 6) is 0. The first-order valence-electron chi connectivity index (χ1n) is 17.7. The minimum Gasteiger partial charge on any atom is -0.397 e. The van der Waals surface area contributed by atoms with Crippen molar-refractivity contribution in [2.24, 2.45) is 0 Å². The highest BCUT2D eigenvalue weighted by Gasteiger charge is 2.20. The number of nitro benzene ring substituents is 2. The summed E-state index contributed by atoms with van der Waals surface area (Å²) in [5, 5.41) is 21.1. The molecule has 2 saturated heterocycles. The third kappa shape index (κ3) is 25.5. The molecule has 2 fully saturated rings. The van der Waals surface area contributed by atoms with Gasteiger partial charge < -0.3 is 32.7 Å². The van der Waals surface area contributed by atoms with Crippen LogP contribution in [0.4, 0.5) is 45.5 Å². The van der Waals surface area contributed by atoms with Gasteiger partial charge in [0, 0.05) is 42.0 Å². The second-order valence-electron chi connectivity index (χ2n) is 13.3. The third-order valence-electron chi connectivity index (χ3n) is 7.20. The minimum absolute atomic E-state index is 0. The molecule has 2 heterocycles. The maximum Gasteiger partial charge on any atom is 0.310 e. The summed E-state index contributed by atoms with van der Waals surface area (Å²) in [6, 6.07) is 15.3. The van der Waals surface area contributed by atoms with E-state index in [1.807, 2.05) is 18.2 Å². The van der Waals surface area contributed by atoms with Crippen LogP contribution in [-0.2, 0) is 0 Å². The molecule has 318 valence electrons. The minimum atomic E-state index is -0.600. The number of nitrogens with zero attached hydrogens (tertiary/aromatic N) is 4. The molecule has 12 nitrogen and oxygen atoms in total. The number of benzene rings is 3. The fourth-order valence-electron chi connectivity index (χ4n) is 4.82. The summed E-state index contributed by atoms with van der Waals surface area (Å²) in [6.07, 6.45) is 7.33. The standard InChI is InChI=1S/C11H15N3O2.C11H17N3.C6H5ClN2O2.C3H5I3.C3H6I2.C3H7I.H2/c12-11-9(13-7-2-1-3-8-13)5-4-6-10(11)14(15)16;12-9-5-4-6-10(11(9)13)14-7-2-1-3-8-14;7-4-2-1-3-5(8)6(4)9(10)11;1-3(5,6)2-4;1-3(2,4)5;1-3(2)4;/h4-6H,1-3,7-8,12H2;4-6H,1-3,7-8,12-13H2;1-3H,8H2;2H2,1H3;1-2H3;3H,1-2H3;1H. The van der Waals surface area contributed by atoms with Gasteiger partial charge in [0.15, 0.2) is 0 Å². The van der Waals surface area contributed by atoms with Crippen LogP contribution in [0.3, 0.4) is 0 Å². The topological polar surface area (TPSA) is 197 Å². The van der Waals surface area contributed by atoms with Gasteiger partial charge in [-0.2, -0.15) is 0 Å². The Hall–Kier alpha value is -0.0700. The van der Waals surface area contributed by atoms with Gasteiger partial charge in [0.05, 0.1) is 35.5 Å². The largest absolute Gasteiger partial charge is 0.397 e. The summed E-state index contributed by atoms with van der Waals surface area (Å²) in [4.78, 5) is 24.5. The normalized spacial score (nSPS) is 13.7. The van der Waals surface area contributed by atoms with Crippen LogP contribution in [0.25, 0.3) is 0 Å². The zero-order valence-electron chi connectivity index (χ0n) is 32.4. The first kappa shape index (κ1) is 55.9. The van der Waals surface area contributed by atoms with Gasteiger partial charge in [0.2, 0.25) is 0 Å². The lowest BCUT2D eigenvalue weighted by molar-refractivity contribution is -0.383. The van der Waals surface area contributed by atoms with Crippen LogP contribution in [0.1, 0.15) is 74.6 Å². The summed E-state index contributed by atoms with van der Waals surface area (Å²) in [7, 11) is 0. The van der Waals surface area contributed by atoms with Crippen LogP contribution in [-0.4, -0.2) is 47.2 Å². The van der Waals surface area contributed by atoms with Crippen LogP contribution in [0.2, 0.25) is 5.02 Å². The van der Waals surface area contributed by atoms with Gasteiger partial charge in [-0.15, -0.1) is 0 Å². The summed E-state index contributed by atoms with van der Waals surface area (Å²) < 4.78 is 2.93. The Morgan fingerprint density at radius 2 is 1.07 bits per heavy atom. The molecule has 56 heavy (non-hydrogen) atoms. The van der Waals surface area contributed by atoms with Crippen molar-refractivity contribution in [2.45, 2.75) is 79.9 Å². The van der Waals surface area contributed by atoms with Crippen LogP contribution in [0, 0.1) is 20.2 Å². The van der Waals surface area contributed by atoms with Crippen molar-refractivity contribution in [3.63, 3.8) is 0 Å². The van der Waals surface area contributed by atoms with Gasteiger partial charge >= 0.3 is 5.69 Å². The molecule has 2 aliphatic rings. The van der Waals surface area contributed by atoms with E-state index in [2.05, 4.69) is 186 Å². The second kappa shape index (κ2) is 29.2. The molecule has 0 amide bonds. The van der Waals surface area contributed by atoms with Crippen molar-refractivity contribution in [2.75, 3.05) is 63.3 Å². The van der Waals surface area contributed by atoms with Gasteiger partial charge in [-0.25, -0.2) is 0 Å². The number of nitro groups is 2. The maximum absolute atomic E-state index is 10.8. The maximum atomic E-state index is 10.8. The van der Waals surface area contributed by atoms with E-state index in [0.717, 1.165) is 60.0 Å². The van der Waals surface area contributed by atoms with Crippen LogP contribution in [0.15, 0.2) is 54.6 Å². The van der Waals surface area contributed by atoms with Crippen molar-refractivity contribution >= 4 is 193 Å². The molecule has 0 aromatic heterocycles. The average molecular weight is 1470 g/mol. The van der Waals surface area contributed by atoms with Gasteiger partial charge in [-0.05, 0) is 89.6 Å². The Kier molecular flexibility index (Phi) is 29.2. The zero-order valence-corrected chi connectivity index (χ0v) is 46.1. The molecular weight excluding hydrogens is 1420 g/mol. The van der Waals surface area contributed by atoms with Crippen molar-refractivity contribution in [1.82, 2.24) is 0 Å². The van der Waals surface area contributed by atoms with Crippen molar-refractivity contribution < 1.29 is 11.3 Å². The number of rotatable bonds is 5. The summed E-state index contributed by atoms with van der Waals surface area (Å²) in [6.45, 7) is 14.9. The number of nitrogens with two attached hydrogens (primary N) is 4. The fraction of sp³-hybridized carbons (Fsp3) is 0.514. The Balaban J connectivity index is 0. The Bertz CT molecular complexity index is 1600. The highest BCUT2D eigenvalue weighted by atomic mass is 127. The monoisotopic (exact) mass is 1470 g/mol. The van der Waals surface area contributed by atoms with Gasteiger partial charge in [0.25, 0.3) is 5.69 Å². The van der Waals surface area contributed by atoms with Crippen LogP contribution >= 0.6 is 147 Å². The number of para-hydroxylation sites is 3. The molecule has 0 radical (unpaired) electrons. The van der Waals surface area contributed by atoms with Crippen LogP contribution < -0.4 is 32.7 Å². The lowest BCUT2D eigenvalue weighted by Gasteiger charge is -2.30. The summed E-state index contributed by atoms with van der Waals surface area (Å²) >= 11 is 19.8. The average Bonchev–Trinajstić information content (AvgIpc) is 3.10. The number of nitrogen functional groups attached to an aromatic ring is 4. The molecule has 0 unspecified atom stereocenters. The van der Waals surface area contributed by atoms with Crippen molar-refractivity contribution in [1.29, 1.82) is 0 Å². The first-order chi connectivity index (χ1) is 25.9. The molecule has 3 aromatic rings. The molecule has 19 heteroatoms. The SMILES string of the molecule is CC(C)(I)I.CC(C)I.CC(I)(I)CI.Nc1c(N2CCCCC2)cccc1[N+](=O)[O-].Nc1cccc(Cl)c1[N+](=O)[O-].Nc1cccc(N2CCCCC2)c1N.[HH]. The van der Waals surface area contributed by atoms with Gasteiger partial charge in [0.1, 0.15) is 16.4 Å². The third-order valence-corrected chi connectivity index (χ3v) is 12.7. The Morgan fingerprint density at radius 1 is 0.714 bits per heavy atom. The van der Waals surface area contributed by atoms with E-state index in [0.29, 0.717) is 8.54 Å². The van der Waals surface area contributed by atoms with E-state index in [1.165, 1.54) is 48.3 Å². The Labute approximate surface area is 421 Å². The van der Waals surface area contributed by atoms with E-state index in [4.69, 9.17) is 34.5 Å². The molecule has 2 aliphatic heterocycles. The molecule has 5 rings (SSSR count). The number of anilines is 6. The highest BCUT2D eigenvalue weighted by Crippen LogP contribution is 2.34. The van der Waals surface area contributed by atoms with E-state index in [9.17, 15) is 20.2 Å². The number of alkyl halides is 6. The summed E-state index contributed by atoms with van der Waals surface area (Å²) in [5.41, 5.74) is 26.3. The van der Waals surface area contributed by atoms with Crippen molar-refractivity contribution in [3.05, 3.63) is 79.8 Å². The number of hydrogen-bond donors (Lipinski definition) is 4. The highest BCUT2D eigenvalue weighted by molar-refractivity contribution is 14.2. The van der Waals surface area contributed by atoms with E-state index < -0.39 is 9.85 Å². The quantitative estimate of drug-likeness (QED) is 0.0627. The zero-order chi connectivity index (χ0) is 43.2. The molecule has 0 spiro atoms. The molecule has 0 saturated carbocycles. The lowest BCUT2D eigenvalue weighted by atomic mass is 10.1. The first-order valence-corrected chi connectivity index (χ1v) is 25.2. The van der Waals surface area contributed by atoms with Gasteiger partial charge in [-0.3, -0.25) is 20.2 Å². The molecular formula is C37H57ClI6N8O4. The number of hydrogen-bond acceptors (Lipinski definition) is 10. The van der Waals surface area contributed by atoms with E-state index >= 15 is 0 Å². The molecule has 8 N–H and O–H groups in total. The second-order valence-corrected chi connectivity index (χ2v) is 31.3. The fourth-order valence-corrected chi connectivity index (χ4v) is 5.07. The van der Waals surface area contributed by atoms with E-state index in [-0.39, 0.29) is 29.2 Å². The molecule has 0 aliphatic carbocycles. The lowest BCUT2D eigenvalue weighted by Crippen LogP contribution is -2.30. The number of piperidine rings is 2. The predicted molar refractivity (Wildman–Crippen MR) is 296 cm³/mol. The van der Waals surface area contributed by atoms with Crippen molar-refractivity contribution in [3.8, 4) is 0 Å². The van der Waals surface area contributed by atoms with E-state index in [1.54, 1.807) is 12.1 Å².